The number of benzene rings is 1. The van der Waals surface area contributed by atoms with Crippen molar-refractivity contribution < 1.29 is 14.3 Å². The Hall–Kier alpha value is -2.36. The normalized spacial score (nSPS) is 11.4. The number of rotatable bonds is 4. The van der Waals surface area contributed by atoms with Gasteiger partial charge >= 0.3 is 5.97 Å². The van der Waals surface area contributed by atoms with Crippen molar-refractivity contribution in [3.63, 3.8) is 0 Å². The van der Waals surface area contributed by atoms with Crippen LogP contribution in [0.15, 0.2) is 48.2 Å². The van der Waals surface area contributed by atoms with Crippen molar-refractivity contribution in [1.29, 1.82) is 0 Å². The SMILES string of the molecule is COC(=O)/C(C)=C/COc1ccc2cccnc2c1. The zero-order valence-electron chi connectivity index (χ0n) is 10.9. The number of methoxy groups -OCH3 is 1. The summed E-state index contributed by atoms with van der Waals surface area (Å²) in [5.41, 5.74) is 1.41. The second-order valence-electron chi connectivity index (χ2n) is 4.05. The van der Waals surface area contributed by atoms with E-state index < -0.39 is 0 Å². The molecule has 0 unspecified atom stereocenters. The van der Waals surface area contributed by atoms with E-state index in [4.69, 9.17) is 4.74 Å². The molecule has 0 bridgehead atoms. The van der Waals surface area contributed by atoms with Crippen LogP contribution < -0.4 is 4.74 Å². The van der Waals surface area contributed by atoms with Gasteiger partial charge in [-0.25, -0.2) is 4.79 Å². The maximum absolute atomic E-state index is 11.2. The Morgan fingerprint density at radius 2 is 2.21 bits per heavy atom. The van der Waals surface area contributed by atoms with Gasteiger partial charge in [-0.15, -0.1) is 0 Å². The van der Waals surface area contributed by atoms with E-state index in [9.17, 15) is 4.79 Å². The van der Waals surface area contributed by atoms with Crippen molar-refractivity contribution in [2.45, 2.75) is 6.92 Å². The van der Waals surface area contributed by atoms with E-state index in [1.807, 2.05) is 30.3 Å². The summed E-state index contributed by atoms with van der Waals surface area (Å²) in [5, 5.41) is 1.07. The Bertz CT molecular complexity index is 620. The lowest BCUT2D eigenvalue weighted by molar-refractivity contribution is -0.136. The lowest BCUT2D eigenvalue weighted by Gasteiger charge is -2.05. The van der Waals surface area contributed by atoms with Crippen LogP contribution >= 0.6 is 0 Å². The smallest absolute Gasteiger partial charge is 0.333 e. The number of esters is 1. The molecule has 0 spiro atoms. The van der Waals surface area contributed by atoms with Gasteiger partial charge in [-0.1, -0.05) is 6.07 Å². The number of aromatic nitrogens is 1. The minimum absolute atomic E-state index is 0.319. The number of hydrogen-bond acceptors (Lipinski definition) is 4. The molecule has 0 amide bonds. The van der Waals surface area contributed by atoms with Crippen molar-refractivity contribution in [1.82, 2.24) is 4.98 Å². The Morgan fingerprint density at radius 3 is 3.00 bits per heavy atom. The van der Waals surface area contributed by atoms with Gasteiger partial charge in [0.1, 0.15) is 12.4 Å². The van der Waals surface area contributed by atoms with E-state index in [0.29, 0.717) is 12.2 Å². The van der Waals surface area contributed by atoms with Gasteiger partial charge in [-0.2, -0.15) is 0 Å². The van der Waals surface area contributed by atoms with E-state index >= 15 is 0 Å². The Kier molecular flexibility index (Phi) is 4.13. The molecule has 0 N–H and O–H groups in total. The second-order valence-corrected chi connectivity index (χ2v) is 4.05. The second kappa shape index (κ2) is 6.00. The third-order valence-electron chi connectivity index (χ3n) is 2.72. The fourth-order valence-electron chi connectivity index (χ4n) is 1.64. The molecule has 0 radical (unpaired) electrons. The van der Waals surface area contributed by atoms with Gasteiger partial charge in [-0.05, 0) is 31.2 Å². The highest BCUT2D eigenvalue weighted by atomic mass is 16.5. The van der Waals surface area contributed by atoms with E-state index in [1.54, 1.807) is 19.2 Å². The molecular weight excluding hydrogens is 242 g/mol. The summed E-state index contributed by atoms with van der Waals surface area (Å²) < 4.78 is 10.2. The van der Waals surface area contributed by atoms with Crippen molar-refractivity contribution in [3.8, 4) is 5.75 Å². The number of hydrogen-bond donors (Lipinski definition) is 0. The zero-order chi connectivity index (χ0) is 13.7. The molecule has 4 nitrogen and oxygen atoms in total. The van der Waals surface area contributed by atoms with Gasteiger partial charge in [-0.3, -0.25) is 4.98 Å². The van der Waals surface area contributed by atoms with Crippen LogP contribution in [0.5, 0.6) is 5.75 Å². The molecule has 2 rings (SSSR count). The lowest BCUT2D eigenvalue weighted by Crippen LogP contribution is -2.04. The minimum Gasteiger partial charge on any atom is -0.489 e. The highest BCUT2D eigenvalue weighted by Crippen LogP contribution is 2.18. The number of pyridine rings is 1. The third-order valence-corrected chi connectivity index (χ3v) is 2.72. The monoisotopic (exact) mass is 257 g/mol. The van der Waals surface area contributed by atoms with Crippen LogP contribution in [0.4, 0.5) is 0 Å². The van der Waals surface area contributed by atoms with Crippen LogP contribution in [0.1, 0.15) is 6.92 Å². The maximum atomic E-state index is 11.2. The van der Waals surface area contributed by atoms with Crippen molar-refractivity contribution in [2.24, 2.45) is 0 Å². The van der Waals surface area contributed by atoms with E-state index in [1.165, 1.54) is 7.11 Å². The van der Waals surface area contributed by atoms with Gasteiger partial charge in [0.25, 0.3) is 0 Å². The Labute approximate surface area is 111 Å². The van der Waals surface area contributed by atoms with Crippen LogP contribution in [-0.2, 0) is 9.53 Å². The third kappa shape index (κ3) is 3.31. The summed E-state index contributed by atoms with van der Waals surface area (Å²) in [6.45, 7) is 2.01. The molecule has 19 heavy (non-hydrogen) atoms. The van der Waals surface area contributed by atoms with Gasteiger partial charge in [0, 0.05) is 23.2 Å². The summed E-state index contributed by atoms with van der Waals surface area (Å²) in [7, 11) is 1.36. The van der Waals surface area contributed by atoms with Crippen molar-refractivity contribution in [3.05, 3.63) is 48.2 Å². The topological polar surface area (TPSA) is 48.4 Å². The molecule has 1 aromatic heterocycles. The van der Waals surface area contributed by atoms with Gasteiger partial charge in [0.15, 0.2) is 0 Å². The molecule has 0 atom stereocenters. The zero-order valence-corrected chi connectivity index (χ0v) is 10.9. The lowest BCUT2D eigenvalue weighted by atomic mass is 10.2. The van der Waals surface area contributed by atoms with Crippen LogP contribution in [0.3, 0.4) is 0 Å². The van der Waals surface area contributed by atoms with Crippen LogP contribution in [0, 0.1) is 0 Å². The standard InChI is InChI=1S/C15H15NO3/c1-11(15(17)18-2)7-9-19-13-6-5-12-4-3-8-16-14(12)10-13/h3-8,10H,9H2,1-2H3/b11-7+. The van der Waals surface area contributed by atoms with E-state index in [2.05, 4.69) is 9.72 Å². The fourth-order valence-corrected chi connectivity index (χ4v) is 1.64. The van der Waals surface area contributed by atoms with Crippen LogP contribution in [-0.4, -0.2) is 24.7 Å². The summed E-state index contributed by atoms with van der Waals surface area (Å²) in [6.07, 6.45) is 3.43. The average molecular weight is 257 g/mol. The largest absolute Gasteiger partial charge is 0.489 e. The molecule has 0 saturated heterocycles. The molecular formula is C15H15NO3. The predicted octanol–water partition coefficient (Wildman–Crippen LogP) is 2.73. The van der Waals surface area contributed by atoms with Crippen LogP contribution in [0.2, 0.25) is 0 Å². The first kappa shape index (κ1) is 13.1. The molecule has 98 valence electrons. The average Bonchev–Trinajstić information content (AvgIpc) is 2.46. The van der Waals surface area contributed by atoms with Gasteiger partial charge < -0.3 is 9.47 Å². The summed E-state index contributed by atoms with van der Waals surface area (Å²) >= 11 is 0. The number of fused-ring (bicyclic) bond motifs is 1. The maximum Gasteiger partial charge on any atom is 0.333 e. The van der Waals surface area contributed by atoms with Crippen LogP contribution in [0.25, 0.3) is 10.9 Å². The van der Waals surface area contributed by atoms with Crippen molar-refractivity contribution in [2.75, 3.05) is 13.7 Å². The molecule has 0 saturated carbocycles. The van der Waals surface area contributed by atoms with Crippen molar-refractivity contribution >= 4 is 16.9 Å². The molecule has 0 aliphatic heterocycles. The number of carbonyl (C=O) groups is 1. The highest BCUT2D eigenvalue weighted by Gasteiger charge is 2.02. The molecule has 2 aromatic rings. The Morgan fingerprint density at radius 1 is 1.37 bits per heavy atom. The fraction of sp³-hybridized carbons (Fsp3) is 0.200. The van der Waals surface area contributed by atoms with E-state index in [-0.39, 0.29) is 5.97 Å². The van der Waals surface area contributed by atoms with Gasteiger partial charge in [0.05, 0.1) is 12.6 Å². The predicted molar refractivity (Wildman–Crippen MR) is 73.0 cm³/mol. The summed E-state index contributed by atoms with van der Waals surface area (Å²) in [4.78, 5) is 15.4. The number of ether oxygens (including phenoxy) is 2. The minimum atomic E-state index is -0.344. The quantitative estimate of drug-likeness (QED) is 0.624. The number of nitrogens with zero attached hydrogens (tertiary/aromatic N) is 1. The summed E-state index contributed by atoms with van der Waals surface area (Å²) in [6, 6.07) is 9.59. The summed E-state index contributed by atoms with van der Waals surface area (Å²) in [5.74, 6) is 0.379. The molecule has 1 aromatic carbocycles. The first-order valence-electron chi connectivity index (χ1n) is 5.93. The first-order valence-corrected chi connectivity index (χ1v) is 5.93. The first-order chi connectivity index (χ1) is 9.20. The molecule has 1 heterocycles. The highest BCUT2D eigenvalue weighted by molar-refractivity contribution is 5.87. The Balaban J connectivity index is 2.04. The molecule has 0 aliphatic carbocycles. The molecule has 0 aliphatic rings. The van der Waals surface area contributed by atoms with E-state index in [0.717, 1.165) is 16.7 Å². The van der Waals surface area contributed by atoms with Gasteiger partial charge in [0.2, 0.25) is 0 Å². The molecule has 0 fully saturated rings. The molecule has 4 heteroatoms. The number of carbonyl (C=O) groups excluding carboxylic acids is 1.